The Bertz CT molecular complexity index is 581. The fourth-order valence-electron chi connectivity index (χ4n) is 1.09. The minimum atomic E-state index is -1.82. The largest absolute Gasteiger partial charge is 0.475 e. The Morgan fingerprint density at radius 1 is 0.952 bits per heavy atom. The van der Waals surface area contributed by atoms with E-state index in [1.807, 2.05) is 0 Å². The summed E-state index contributed by atoms with van der Waals surface area (Å²) in [6.07, 6.45) is -0.466. The van der Waals surface area contributed by atoms with E-state index in [-0.39, 0.29) is 11.3 Å². The second kappa shape index (κ2) is 7.99. The summed E-state index contributed by atoms with van der Waals surface area (Å²) < 4.78 is 0. The molecule has 1 aromatic rings. The molecule has 0 saturated carbocycles. The van der Waals surface area contributed by atoms with Crippen LogP contribution in [0.1, 0.15) is 5.56 Å². The highest BCUT2D eigenvalue weighted by Gasteiger charge is 2.19. The fraction of sp³-hybridized carbons (Fsp3) is 0.0909. The van der Waals surface area contributed by atoms with Gasteiger partial charge in [0.05, 0.1) is 4.92 Å². The van der Waals surface area contributed by atoms with Crippen LogP contribution in [0.5, 0.6) is 0 Å². The van der Waals surface area contributed by atoms with Crippen molar-refractivity contribution < 1.29 is 39.4 Å². The van der Waals surface area contributed by atoms with Crippen molar-refractivity contribution in [1.82, 2.24) is 0 Å². The lowest BCUT2D eigenvalue weighted by atomic mass is 10.1. The minimum Gasteiger partial charge on any atom is -0.475 e. The van der Waals surface area contributed by atoms with Gasteiger partial charge in [0.25, 0.3) is 5.69 Å². The third kappa shape index (κ3) is 6.42. The van der Waals surface area contributed by atoms with E-state index in [9.17, 15) is 19.7 Å². The van der Waals surface area contributed by atoms with Crippen molar-refractivity contribution in [2.75, 3.05) is 0 Å². The fourth-order valence-corrected chi connectivity index (χ4v) is 1.09. The molecule has 1 rings (SSSR count). The van der Waals surface area contributed by atoms with Gasteiger partial charge in [0.2, 0.25) is 5.78 Å². The number of carboxylic acid groups (broad SMARTS) is 3. The average molecular weight is 299 g/mol. The predicted molar refractivity (Wildman–Crippen MR) is 64.7 cm³/mol. The minimum absolute atomic E-state index is 0.106. The van der Waals surface area contributed by atoms with Crippen LogP contribution in [0, 0.1) is 10.1 Å². The molecule has 0 radical (unpaired) electrons. The highest BCUT2D eigenvalue weighted by molar-refractivity contribution is 6.33. The number of aliphatic carboxylic acids is 3. The molecule has 0 spiro atoms. The molecule has 0 fully saturated rings. The maximum atomic E-state index is 10.9. The van der Waals surface area contributed by atoms with E-state index < -0.39 is 35.0 Å². The summed E-state index contributed by atoms with van der Waals surface area (Å²) in [5, 5.41) is 33.7. The van der Waals surface area contributed by atoms with Gasteiger partial charge in [-0.05, 0) is 0 Å². The number of nitro benzene ring substituents is 1. The number of benzene rings is 1. The summed E-state index contributed by atoms with van der Waals surface area (Å²) in [7, 11) is 0. The molecule has 0 aromatic heterocycles. The van der Waals surface area contributed by atoms with Gasteiger partial charge in [-0.15, -0.1) is 0 Å². The van der Waals surface area contributed by atoms with E-state index >= 15 is 0 Å². The predicted octanol–water partition coefficient (Wildman–Crippen LogP) is -0.0534. The number of ketones is 1. The smallest absolute Gasteiger partial charge is 0.414 e. The molecular weight excluding hydrogens is 290 g/mol. The number of rotatable bonds is 4. The lowest BCUT2D eigenvalue weighted by molar-refractivity contribution is -0.385. The number of Topliss-reactive ketones (excluding diaryl/α,β-unsaturated/α-hetero) is 1. The molecule has 0 atom stereocenters. The Balaban J connectivity index is 0.000000567. The van der Waals surface area contributed by atoms with Gasteiger partial charge in [-0.3, -0.25) is 14.9 Å². The first-order valence-electron chi connectivity index (χ1n) is 5.11. The molecule has 112 valence electrons. The van der Waals surface area contributed by atoms with Crippen molar-refractivity contribution in [3.8, 4) is 0 Å². The first-order valence-corrected chi connectivity index (χ1v) is 5.11. The normalized spacial score (nSPS) is 8.95. The lowest BCUT2D eigenvalue weighted by Crippen LogP contribution is -2.15. The number of nitrogens with zero attached hydrogens (tertiary/aromatic N) is 1. The Kier molecular flexibility index (Phi) is 6.73. The number of hydrogen-bond acceptors (Lipinski definition) is 6. The zero-order valence-corrected chi connectivity index (χ0v) is 10.3. The van der Waals surface area contributed by atoms with E-state index in [2.05, 4.69) is 0 Å². The summed E-state index contributed by atoms with van der Waals surface area (Å²) in [6.45, 7) is 0. The highest BCUT2D eigenvalue weighted by Crippen LogP contribution is 2.18. The van der Waals surface area contributed by atoms with E-state index in [1.165, 1.54) is 24.3 Å². The number of carbonyl (C=O) groups excluding carboxylic acids is 1. The van der Waals surface area contributed by atoms with Crippen LogP contribution in [0.15, 0.2) is 24.3 Å². The van der Waals surface area contributed by atoms with Gasteiger partial charge in [0, 0.05) is 18.1 Å². The maximum Gasteiger partial charge on any atom is 0.414 e. The topological polar surface area (TPSA) is 172 Å². The summed E-state index contributed by atoms with van der Waals surface area (Å²) in [5.41, 5.74) is -0.137. The van der Waals surface area contributed by atoms with Gasteiger partial charge in [-0.2, -0.15) is 0 Å². The van der Waals surface area contributed by atoms with Crippen molar-refractivity contribution >= 4 is 29.4 Å². The van der Waals surface area contributed by atoms with Crippen LogP contribution in [-0.4, -0.2) is 43.9 Å². The van der Waals surface area contributed by atoms with Crippen molar-refractivity contribution in [1.29, 1.82) is 0 Å². The standard InChI is InChI=1S/C9H7NO5.C2H2O4/c11-8(9(12)13)5-6-3-1-2-4-7(6)10(14)15;3-1(4)2(5)6/h1-4H,5H2,(H,12,13);(H,3,4)(H,5,6). The third-order valence-electron chi connectivity index (χ3n) is 1.96. The molecule has 21 heavy (non-hydrogen) atoms. The zero-order valence-electron chi connectivity index (χ0n) is 10.3. The summed E-state index contributed by atoms with van der Waals surface area (Å²) in [5.74, 6) is -6.30. The zero-order chi connectivity index (χ0) is 16.6. The van der Waals surface area contributed by atoms with Gasteiger partial charge in [-0.1, -0.05) is 18.2 Å². The summed E-state index contributed by atoms with van der Waals surface area (Å²) in [4.78, 5) is 49.2. The second-order valence-electron chi connectivity index (χ2n) is 3.40. The number of carbonyl (C=O) groups is 4. The van der Waals surface area contributed by atoms with Crippen molar-refractivity contribution in [3.63, 3.8) is 0 Å². The molecular formula is C11H9NO9. The molecule has 0 saturated heterocycles. The van der Waals surface area contributed by atoms with Crippen LogP contribution in [0.25, 0.3) is 0 Å². The van der Waals surface area contributed by atoms with Crippen LogP contribution in [0.4, 0.5) is 5.69 Å². The lowest BCUT2D eigenvalue weighted by Gasteiger charge is -1.99. The highest BCUT2D eigenvalue weighted by atomic mass is 16.6. The summed E-state index contributed by atoms with van der Waals surface area (Å²) >= 11 is 0. The van der Waals surface area contributed by atoms with Gasteiger partial charge < -0.3 is 15.3 Å². The van der Waals surface area contributed by atoms with Crippen LogP contribution < -0.4 is 0 Å². The van der Waals surface area contributed by atoms with Gasteiger partial charge in [-0.25, -0.2) is 14.4 Å². The molecule has 0 heterocycles. The molecule has 10 heteroatoms. The Morgan fingerprint density at radius 2 is 1.43 bits per heavy atom. The Labute approximate surface area is 116 Å². The molecule has 0 aliphatic heterocycles. The van der Waals surface area contributed by atoms with Crippen LogP contribution in [0.3, 0.4) is 0 Å². The van der Waals surface area contributed by atoms with Gasteiger partial charge in [0.15, 0.2) is 0 Å². The van der Waals surface area contributed by atoms with Crippen molar-refractivity contribution in [2.24, 2.45) is 0 Å². The number of hydrogen-bond donors (Lipinski definition) is 3. The van der Waals surface area contributed by atoms with Crippen LogP contribution in [-0.2, 0) is 25.6 Å². The average Bonchev–Trinajstić information content (AvgIpc) is 2.39. The molecule has 0 amide bonds. The van der Waals surface area contributed by atoms with Crippen LogP contribution >= 0.6 is 0 Å². The number of para-hydroxylation sites is 1. The Hall–Kier alpha value is -3.30. The third-order valence-corrected chi connectivity index (χ3v) is 1.96. The monoisotopic (exact) mass is 299 g/mol. The molecule has 0 aliphatic carbocycles. The van der Waals surface area contributed by atoms with E-state index in [1.54, 1.807) is 0 Å². The molecule has 10 nitrogen and oxygen atoms in total. The molecule has 0 unspecified atom stereocenters. The van der Waals surface area contributed by atoms with Gasteiger partial charge >= 0.3 is 17.9 Å². The van der Waals surface area contributed by atoms with Gasteiger partial charge in [0.1, 0.15) is 0 Å². The first-order chi connectivity index (χ1) is 9.66. The molecule has 0 aliphatic rings. The number of nitro groups is 1. The molecule has 0 bridgehead atoms. The van der Waals surface area contributed by atoms with Crippen molar-refractivity contribution in [3.05, 3.63) is 39.9 Å². The number of carboxylic acids is 3. The molecule has 3 N–H and O–H groups in total. The quantitative estimate of drug-likeness (QED) is 0.391. The van der Waals surface area contributed by atoms with E-state index in [0.717, 1.165) is 0 Å². The maximum absolute atomic E-state index is 10.9. The first kappa shape index (κ1) is 17.7. The Morgan fingerprint density at radius 3 is 1.81 bits per heavy atom. The second-order valence-corrected chi connectivity index (χ2v) is 3.40. The van der Waals surface area contributed by atoms with E-state index in [4.69, 9.17) is 24.9 Å². The van der Waals surface area contributed by atoms with Crippen LogP contribution in [0.2, 0.25) is 0 Å². The SMILES string of the molecule is O=C(O)C(=O)Cc1ccccc1[N+](=O)[O-].O=C(O)C(=O)O. The van der Waals surface area contributed by atoms with E-state index in [0.29, 0.717) is 0 Å². The summed E-state index contributed by atoms with van der Waals surface area (Å²) in [6, 6.07) is 5.55. The molecule has 1 aromatic carbocycles. The van der Waals surface area contributed by atoms with Crippen molar-refractivity contribution in [2.45, 2.75) is 6.42 Å².